The van der Waals surface area contributed by atoms with E-state index >= 15 is 0 Å². The van der Waals surface area contributed by atoms with E-state index in [1.54, 1.807) is 0 Å². The number of rotatable bonds is 5. The first-order valence-corrected chi connectivity index (χ1v) is 6.25. The molecule has 1 saturated carbocycles. The van der Waals surface area contributed by atoms with Crippen molar-refractivity contribution in [3.05, 3.63) is 0 Å². The average molecular weight is 213 g/mol. The quantitative estimate of drug-likeness (QED) is 0.751. The van der Waals surface area contributed by atoms with Gasteiger partial charge in [0.15, 0.2) is 0 Å². The molecule has 0 amide bonds. The smallest absolute Gasteiger partial charge is 0.0517 e. The molecule has 0 bridgehead atoms. The van der Waals surface area contributed by atoms with E-state index in [9.17, 15) is 0 Å². The Hall–Kier alpha value is -0.120. The van der Waals surface area contributed by atoms with Crippen LogP contribution in [0.25, 0.3) is 0 Å². The summed E-state index contributed by atoms with van der Waals surface area (Å²) in [4.78, 5) is 0. The van der Waals surface area contributed by atoms with Crippen molar-refractivity contribution in [1.82, 2.24) is 0 Å². The summed E-state index contributed by atoms with van der Waals surface area (Å²) in [6.45, 7) is 4.45. The lowest BCUT2D eigenvalue weighted by atomic mass is 9.97. The zero-order valence-corrected chi connectivity index (χ0v) is 9.49. The van der Waals surface area contributed by atoms with Crippen LogP contribution < -0.4 is 5.73 Å². The summed E-state index contributed by atoms with van der Waals surface area (Å²) in [5.74, 6) is 2.07. The van der Waals surface area contributed by atoms with Crippen LogP contribution >= 0.6 is 0 Å². The Kier molecular flexibility index (Phi) is 4.42. The summed E-state index contributed by atoms with van der Waals surface area (Å²) >= 11 is 0. The second-order valence-corrected chi connectivity index (χ2v) is 4.95. The average Bonchev–Trinajstić information content (AvgIpc) is 2.88. The highest BCUT2D eigenvalue weighted by molar-refractivity contribution is 4.78. The minimum absolute atomic E-state index is 0.641. The second kappa shape index (κ2) is 5.83. The molecule has 2 rings (SSSR count). The molecule has 88 valence electrons. The molecule has 2 aliphatic rings. The highest BCUT2D eigenvalue weighted by Crippen LogP contribution is 2.31. The normalized spacial score (nSPS) is 36.2. The van der Waals surface area contributed by atoms with Gasteiger partial charge in [0.05, 0.1) is 13.2 Å². The van der Waals surface area contributed by atoms with Crippen LogP contribution in [0.15, 0.2) is 0 Å². The summed E-state index contributed by atoms with van der Waals surface area (Å²) in [6.07, 6.45) is 5.12. The number of ether oxygens (including phenoxy) is 2. The van der Waals surface area contributed by atoms with Gasteiger partial charge < -0.3 is 15.2 Å². The van der Waals surface area contributed by atoms with Crippen molar-refractivity contribution in [3.8, 4) is 0 Å². The van der Waals surface area contributed by atoms with Gasteiger partial charge in [-0.05, 0) is 37.6 Å². The van der Waals surface area contributed by atoms with Crippen LogP contribution in [0.1, 0.15) is 25.7 Å². The molecule has 3 nitrogen and oxygen atoms in total. The third kappa shape index (κ3) is 3.16. The second-order valence-electron chi connectivity index (χ2n) is 4.95. The van der Waals surface area contributed by atoms with Gasteiger partial charge in [0.1, 0.15) is 0 Å². The monoisotopic (exact) mass is 213 g/mol. The molecule has 2 fully saturated rings. The van der Waals surface area contributed by atoms with Crippen LogP contribution in [0, 0.1) is 17.8 Å². The highest BCUT2D eigenvalue weighted by Gasteiger charge is 2.26. The van der Waals surface area contributed by atoms with Crippen molar-refractivity contribution >= 4 is 0 Å². The topological polar surface area (TPSA) is 44.5 Å². The minimum atomic E-state index is 0.641. The Labute approximate surface area is 92.3 Å². The zero-order chi connectivity index (χ0) is 10.5. The van der Waals surface area contributed by atoms with Crippen LogP contribution in [0.4, 0.5) is 0 Å². The molecule has 3 heteroatoms. The fraction of sp³-hybridized carbons (Fsp3) is 1.00. The Balaban J connectivity index is 1.60. The van der Waals surface area contributed by atoms with E-state index in [1.807, 2.05) is 0 Å². The molecular weight excluding hydrogens is 190 g/mol. The summed E-state index contributed by atoms with van der Waals surface area (Å²) in [5.41, 5.74) is 5.74. The van der Waals surface area contributed by atoms with Gasteiger partial charge in [-0.2, -0.15) is 0 Å². The van der Waals surface area contributed by atoms with Crippen LogP contribution in [0.3, 0.4) is 0 Å². The van der Waals surface area contributed by atoms with Gasteiger partial charge in [-0.3, -0.25) is 0 Å². The van der Waals surface area contributed by atoms with E-state index in [4.69, 9.17) is 15.2 Å². The number of nitrogens with two attached hydrogens (primary N) is 1. The maximum atomic E-state index is 5.80. The summed E-state index contributed by atoms with van der Waals surface area (Å²) in [7, 11) is 0. The SMILES string of the molecule is NCC1CCCC1COCC1CCOC1. The lowest BCUT2D eigenvalue weighted by Gasteiger charge is -2.18. The van der Waals surface area contributed by atoms with E-state index in [-0.39, 0.29) is 0 Å². The van der Waals surface area contributed by atoms with Gasteiger partial charge in [0.2, 0.25) is 0 Å². The third-order valence-corrected chi connectivity index (χ3v) is 3.83. The molecule has 1 aliphatic carbocycles. The first kappa shape index (κ1) is 11.4. The largest absolute Gasteiger partial charge is 0.381 e. The number of hydrogen-bond acceptors (Lipinski definition) is 3. The first-order valence-electron chi connectivity index (χ1n) is 6.25. The lowest BCUT2D eigenvalue weighted by Crippen LogP contribution is -2.23. The van der Waals surface area contributed by atoms with Crippen molar-refractivity contribution in [1.29, 1.82) is 0 Å². The Bertz CT molecular complexity index is 180. The van der Waals surface area contributed by atoms with Crippen molar-refractivity contribution in [2.75, 3.05) is 33.0 Å². The molecule has 1 saturated heterocycles. The summed E-state index contributed by atoms with van der Waals surface area (Å²) in [5, 5.41) is 0. The van der Waals surface area contributed by atoms with E-state index in [2.05, 4.69) is 0 Å². The van der Waals surface area contributed by atoms with Crippen molar-refractivity contribution in [3.63, 3.8) is 0 Å². The summed E-state index contributed by atoms with van der Waals surface area (Å²) < 4.78 is 11.1. The molecule has 15 heavy (non-hydrogen) atoms. The van der Waals surface area contributed by atoms with Gasteiger partial charge >= 0.3 is 0 Å². The lowest BCUT2D eigenvalue weighted by molar-refractivity contribution is 0.0568. The molecule has 0 spiro atoms. The van der Waals surface area contributed by atoms with Gasteiger partial charge in [-0.15, -0.1) is 0 Å². The Morgan fingerprint density at radius 1 is 1.13 bits per heavy atom. The van der Waals surface area contributed by atoms with Gasteiger partial charge in [-0.1, -0.05) is 6.42 Å². The maximum absolute atomic E-state index is 5.80. The molecular formula is C12H23NO2. The van der Waals surface area contributed by atoms with Crippen LogP contribution in [-0.2, 0) is 9.47 Å². The van der Waals surface area contributed by atoms with E-state index in [0.29, 0.717) is 11.8 Å². The van der Waals surface area contributed by atoms with Crippen molar-refractivity contribution in [2.24, 2.45) is 23.5 Å². The van der Waals surface area contributed by atoms with E-state index < -0.39 is 0 Å². The molecule has 2 N–H and O–H groups in total. The fourth-order valence-corrected chi connectivity index (χ4v) is 2.74. The first-order chi connectivity index (χ1) is 7.40. The molecule has 1 aliphatic heterocycles. The third-order valence-electron chi connectivity index (χ3n) is 3.83. The molecule has 0 aromatic heterocycles. The molecule has 0 radical (unpaired) electrons. The minimum Gasteiger partial charge on any atom is -0.381 e. The van der Waals surface area contributed by atoms with Crippen LogP contribution in [0.5, 0.6) is 0 Å². The van der Waals surface area contributed by atoms with Gasteiger partial charge in [-0.25, -0.2) is 0 Å². The summed E-state index contributed by atoms with van der Waals surface area (Å²) in [6, 6.07) is 0. The zero-order valence-electron chi connectivity index (χ0n) is 9.49. The molecule has 3 atom stereocenters. The van der Waals surface area contributed by atoms with E-state index in [1.165, 1.54) is 25.7 Å². The van der Waals surface area contributed by atoms with Gasteiger partial charge in [0.25, 0.3) is 0 Å². The fourth-order valence-electron chi connectivity index (χ4n) is 2.74. The molecule has 0 aromatic carbocycles. The van der Waals surface area contributed by atoms with Gasteiger partial charge in [0, 0.05) is 19.1 Å². The molecule has 3 unspecified atom stereocenters. The Morgan fingerprint density at radius 2 is 2.00 bits per heavy atom. The Morgan fingerprint density at radius 3 is 2.73 bits per heavy atom. The molecule has 1 heterocycles. The molecule has 0 aromatic rings. The van der Waals surface area contributed by atoms with Crippen LogP contribution in [-0.4, -0.2) is 33.0 Å². The van der Waals surface area contributed by atoms with E-state index in [0.717, 1.165) is 38.9 Å². The van der Waals surface area contributed by atoms with Crippen molar-refractivity contribution < 1.29 is 9.47 Å². The van der Waals surface area contributed by atoms with Crippen molar-refractivity contribution in [2.45, 2.75) is 25.7 Å². The standard InChI is InChI=1S/C12H23NO2/c13-6-11-2-1-3-12(11)9-15-8-10-4-5-14-7-10/h10-12H,1-9,13H2. The number of hydrogen-bond donors (Lipinski definition) is 1. The predicted octanol–water partition coefficient (Wildman–Crippen LogP) is 1.41. The predicted molar refractivity (Wildman–Crippen MR) is 59.6 cm³/mol. The highest BCUT2D eigenvalue weighted by atomic mass is 16.5. The maximum Gasteiger partial charge on any atom is 0.0517 e. The van der Waals surface area contributed by atoms with Crippen LogP contribution in [0.2, 0.25) is 0 Å².